The largest absolute Gasteiger partial charge is 0.305 e. The fourth-order valence-corrected chi connectivity index (χ4v) is 4.31. The molecule has 0 saturated carbocycles. The molecule has 2 aromatic rings. The van der Waals surface area contributed by atoms with Gasteiger partial charge in [-0.15, -0.1) is 22.7 Å². The summed E-state index contributed by atoms with van der Waals surface area (Å²) in [6, 6.07) is 9.08. The minimum atomic E-state index is 0.370. The van der Waals surface area contributed by atoms with Crippen molar-refractivity contribution in [3.05, 3.63) is 44.8 Å². The Bertz CT molecular complexity index is 388. The van der Waals surface area contributed by atoms with Crippen LogP contribution in [-0.2, 0) is 0 Å². The Labute approximate surface area is 122 Å². The average Bonchev–Trinajstić information content (AvgIpc) is 3.02. The van der Waals surface area contributed by atoms with E-state index in [4.69, 9.17) is 0 Å². The van der Waals surface area contributed by atoms with Gasteiger partial charge < -0.3 is 5.32 Å². The zero-order chi connectivity index (χ0) is 12.8. The average molecular weight is 298 g/mol. The Morgan fingerprint density at radius 3 is 2.22 bits per heavy atom. The maximum atomic E-state index is 3.72. The van der Waals surface area contributed by atoms with Crippen molar-refractivity contribution >= 4 is 34.4 Å². The van der Waals surface area contributed by atoms with Crippen molar-refractivity contribution < 1.29 is 0 Å². The van der Waals surface area contributed by atoms with E-state index in [1.165, 1.54) is 15.5 Å². The highest BCUT2D eigenvalue weighted by molar-refractivity contribution is 7.98. The molecule has 2 aromatic heterocycles. The van der Waals surface area contributed by atoms with Crippen molar-refractivity contribution in [3.63, 3.8) is 0 Å². The number of thioether (sulfide) groups is 1. The lowest BCUT2D eigenvalue weighted by molar-refractivity contribution is 0.526. The van der Waals surface area contributed by atoms with Crippen molar-refractivity contribution in [2.75, 3.05) is 18.6 Å². The van der Waals surface area contributed by atoms with E-state index in [-0.39, 0.29) is 0 Å². The summed E-state index contributed by atoms with van der Waals surface area (Å²) >= 11 is 5.59. The van der Waals surface area contributed by atoms with Gasteiger partial charge in [0.1, 0.15) is 0 Å². The number of hydrogen-bond acceptors (Lipinski definition) is 4. The standard InChI is InChI=1S/C14H19NS3/c1-11(10-16-2)9-15-14(12-5-3-7-17-12)13-6-4-8-18-13/h3-8,11,14-15H,9-10H2,1-2H3. The van der Waals surface area contributed by atoms with Gasteiger partial charge in [0.05, 0.1) is 6.04 Å². The Morgan fingerprint density at radius 1 is 1.17 bits per heavy atom. The highest BCUT2D eigenvalue weighted by atomic mass is 32.2. The summed E-state index contributed by atoms with van der Waals surface area (Å²) in [5.41, 5.74) is 0. The van der Waals surface area contributed by atoms with E-state index in [1.807, 2.05) is 34.4 Å². The Kier molecular flexibility index (Phi) is 5.76. The topological polar surface area (TPSA) is 12.0 Å². The van der Waals surface area contributed by atoms with E-state index in [2.05, 4.69) is 53.5 Å². The number of rotatable bonds is 7. The summed E-state index contributed by atoms with van der Waals surface area (Å²) in [5, 5.41) is 8.03. The molecule has 4 heteroatoms. The molecule has 1 nitrogen and oxygen atoms in total. The second-order valence-corrected chi connectivity index (χ2v) is 7.30. The summed E-state index contributed by atoms with van der Waals surface area (Å²) in [6.45, 7) is 3.38. The Morgan fingerprint density at radius 2 is 1.78 bits per heavy atom. The minimum Gasteiger partial charge on any atom is -0.305 e. The summed E-state index contributed by atoms with van der Waals surface area (Å²) in [4.78, 5) is 2.82. The van der Waals surface area contributed by atoms with Crippen LogP contribution in [0, 0.1) is 5.92 Å². The molecule has 0 amide bonds. The lowest BCUT2D eigenvalue weighted by atomic mass is 10.1. The van der Waals surface area contributed by atoms with E-state index >= 15 is 0 Å². The highest BCUT2D eigenvalue weighted by Gasteiger charge is 2.16. The molecular weight excluding hydrogens is 278 g/mol. The summed E-state index contributed by atoms with van der Waals surface area (Å²) in [6.07, 6.45) is 2.17. The molecule has 0 aliphatic heterocycles. The second kappa shape index (κ2) is 7.34. The Hall–Kier alpha value is -0.290. The SMILES string of the molecule is CSCC(C)CNC(c1cccs1)c1cccs1. The van der Waals surface area contributed by atoms with Gasteiger partial charge in [-0.1, -0.05) is 19.1 Å². The van der Waals surface area contributed by atoms with Crippen molar-refractivity contribution in [3.8, 4) is 0 Å². The predicted octanol–water partition coefficient (Wildman–Crippen LogP) is 4.49. The van der Waals surface area contributed by atoms with Crippen molar-refractivity contribution in [1.29, 1.82) is 0 Å². The maximum Gasteiger partial charge on any atom is 0.0764 e. The monoisotopic (exact) mass is 297 g/mol. The van der Waals surface area contributed by atoms with Gasteiger partial charge in [0.15, 0.2) is 0 Å². The van der Waals surface area contributed by atoms with E-state index in [9.17, 15) is 0 Å². The minimum absolute atomic E-state index is 0.370. The Balaban J connectivity index is 2.02. The maximum absolute atomic E-state index is 3.72. The first-order valence-electron chi connectivity index (χ1n) is 6.10. The van der Waals surface area contributed by atoms with Crippen LogP contribution in [-0.4, -0.2) is 18.6 Å². The van der Waals surface area contributed by atoms with E-state index in [0.29, 0.717) is 12.0 Å². The quantitative estimate of drug-likeness (QED) is 0.808. The molecule has 98 valence electrons. The third kappa shape index (κ3) is 3.85. The van der Waals surface area contributed by atoms with Gasteiger partial charge in [-0.2, -0.15) is 11.8 Å². The van der Waals surface area contributed by atoms with Crippen LogP contribution >= 0.6 is 34.4 Å². The molecule has 0 bridgehead atoms. The van der Waals surface area contributed by atoms with Crippen molar-refractivity contribution in [2.45, 2.75) is 13.0 Å². The number of thiophene rings is 2. The molecule has 0 radical (unpaired) electrons. The van der Waals surface area contributed by atoms with Gasteiger partial charge in [0, 0.05) is 9.75 Å². The number of nitrogens with one attached hydrogen (secondary N) is 1. The molecule has 0 saturated heterocycles. The molecule has 0 fully saturated rings. The van der Waals surface area contributed by atoms with Crippen LogP contribution in [0.5, 0.6) is 0 Å². The van der Waals surface area contributed by atoms with Crippen LogP contribution in [0.1, 0.15) is 22.7 Å². The molecule has 1 unspecified atom stereocenters. The van der Waals surface area contributed by atoms with Crippen LogP contribution in [0.4, 0.5) is 0 Å². The fourth-order valence-electron chi connectivity index (χ4n) is 1.91. The molecule has 2 rings (SSSR count). The van der Waals surface area contributed by atoms with Crippen LogP contribution in [0.25, 0.3) is 0 Å². The predicted molar refractivity (Wildman–Crippen MR) is 86.0 cm³/mol. The first-order valence-corrected chi connectivity index (χ1v) is 9.25. The van der Waals surface area contributed by atoms with Gasteiger partial charge >= 0.3 is 0 Å². The first kappa shape index (κ1) is 14.1. The van der Waals surface area contributed by atoms with Gasteiger partial charge in [0.2, 0.25) is 0 Å². The van der Waals surface area contributed by atoms with E-state index in [0.717, 1.165) is 6.54 Å². The summed E-state index contributed by atoms with van der Waals surface area (Å²) in [5.74, 6) is 1.93. The summed E-state index contributed by atoms with van der Waals surface area (Å²) < 4.78 is 0. The molecular formula is C14H19NS3. The van der Waals surface area contributed by atoms with Crippen molar-refractivity contribution in [1.82, 2.24) is 5.32 Å². The van der Waals surface area contributed by atoms with E-state index < -0.39 is 0 Å². The number of hydrogen-bond donors (Lipinski definition) is 1. The van der Waals surface area contributed by atoms with Crippen LogP contribution < -0.4 is 5.32 Å². The molecule has 1 atom stereocenters. The third-order valence-corrected chi connectivity index (χ3v) is 5.55. The normalized spacial score (nSPS) is 13.1. The second-order valence-electron chi connectivity index (χ2n) is 4.43. The van der Waals surface area contributed by atoms with Crippen LogP contribution in [0.15, 0.2) is 35.0 Å². The van der Waals surface area contributed by atoms with Gasteiger partial charge in [-0.05, 0) is 47.4 Å². The fraction of sp³-hybridized carbons (Fsp3) is 0.429. The van der Waals surface area contributed by atoms with Crippen LogP contribution in [0.3, 0.4) is 0 Å². The van der Waals surface area contributed by atoms with Gasteiger partial charge in [-0.3, -0.25) is 0 Å². The molecule has 0 aliphatic rings. The lowest BCUT2D eigenvalue weighted by Crippen LogP contribution is -2.27. The zero-order valence-corrected chi connectivity index (χ0v) is 13.2. The lowest BCUT2D eigenvalue weighted by Gasteiger charge is -2.19. The zero-order valence-electron chi connectivity index (χ0n) is 10.8. The molecule has 0 spiro atoms. The first-order chi connectivity index (χ1) is 8.81. The molecule has 1 N–H and O–H groups in total. The smallest absolute Gasteiger partial charge is 0.0764 e. The van der Waals surface area contributed by atoms with Gasteiger partial charge in [0.25, 0.3) is 0 Å². The van der Waals surface area contributed by atoms with E-state index in [1.54, 1.807) is 0 Å². The third-order valence-electron chi connectivity index (χ3n) is 2.78. The highest BCUT2D eigenvalue weighted by Crippen LogP contribution is 2.29. The molecule has 2 heterocycles. The molecule has 0 aliphatic carbocycles. The van der Waals surface area contributed by atoms with Crippen molar-refractivity contribution in [2.24, 2.45) is 5.92 Å². The van der Waals surface area contributed by atoms with Crippen LogP contribution in [0.2, 0.25) is 0 Å². The molecule has 0 aromatic carbocycles. The molecule has 18 heavy (non-hydrogen) atoms. The van der Waals surface area contributed by atoms with Gasteiger partial charge in [-0.25, -0.2) is 0 Å². The summed E-state index contributed by atoms with van der Waals surface area (Å²) in [7, 11) is 0.